The number of thiazole rings is 1. The first kappa shape index (κ1) is 7.94. The molecule has 3 nitrogen and oxygen atoms in total. The van der Waals surface area contributed by atoms with Crippen molar-refractivity contribution in [3.8, 4) is 0 Å². The summed E-state index contributed by atoms with van der Waals surface area (Å²) in [5, 5.41) is 3.26. The molecule has 0 saturated carbocycles. The summed E-state index contributed by atoms with van der Waals surface area (Å²) in [5.74, 6) is 1.01. The Labute approximate surface area is 85.5 Å². The molecule has 2 aromatic rings. The van der Waals surface area contributed by atoms with Crippen LogP contribution in [-0.2, 0) is 0 Å². The van der Waals surface area contributed by atoms with Gasteiger partial charge in [-0.15, -0.1) is 11.3 Å². The topological polar surface area (TPSA) is 37.3 Å². The predicted molar refractivity (Wildman–Crippen MR) is 59.0 cm³/mol. The Bertz CT molecular complexity index is 501. The number of nitrogens with one attached hydrogen (secondary N) is 1. The van der Waals surface area contributed by atoms with E-state index in [1.165, 1.54) is 10.3 Å². The van der Waals surface area contributed by atoms with Crippen LogP contribution in [0.15, 0.2) is 28.7 Å². The van der Waals surface area contributed by atoms with E-state index in [9.17, 15) is 0 Å². The smallest absolute Gasteiger partial charge is 0.128 e. The van der Waals surface area contributed by atoms with E-state index in [1.807, 2.05) is 11.6 Å². The van der Waals surface area contributed by atoms with Gasteiger partial charge < -0.3 is 5.32 Å². The summed E-state index contributed by atoms with van der Waals surface area (Å²) in [4.78, 5) is 8.63. The predicted octanol–water partition coefficient (Wildman–Crippen LogP) is 1.65. The summed E-state index contributed by atoms with van der Waals surface area (Å²) >= 11 is 1.67. The Morgan fingerprint density at radius 3 is 3.21 bits per heavy atom. The fourth-order valence-corrected chi connectivity index (χ4v) is 2.31. The lowest BCUT2D eigenvalue weighted by molar-refractivity contribution is 0.960. The highest BCUT2D eigenvalue weighted by Gasteiger charge is 2.08. The van der Waals surface area contributed by atoms with Crippen LogP contribution in [0.5, 0.6) is 0 Å². The van der Waals surface area contributed by atoms with Crippen LogP contribution >= 0.6 is 11.3 Å². The van der Waals surface area contributed by atoms with Crippen LogP contribution in [-0.4, -0.2) is 23.9 Å². The molecular formula is C10H9N3S. The van der Waals surface area contributed by atoms with Crippen LogP contribution < -0.4 is 5.32 Å². The second-order valence-electron chi connectivity index (χ2n) is 3.19. The molecule has 0 unspecified atom stereocenters. The number of hydrogen-bond acceptors (Lipinski definition) is 4. The minimum absolute atomic E-state index is 0.885. The number of aliphatic imine (C=N–C) groups is 1. The highest BCUT2D eigenvalue weighted by atomic mass is 32.1. The maximum atomic E-state index is 4.39. The minimum atomic E-state index is 0.885. The van der Waals surface area contributed by atoms with Crippen molar-refractivity contribution in [3.63, 3.8) is 0 Å². The van der Waals surface area contributed by atoms with Crippen LogP contribution in [0, 0.1) is 0 Å². The molecule has 1 aliphatic heterocycles. The summed E-state index contributed by atoms with van der Waals surface area (Å²) in [7, 11) is 0. The fraction of sp³-hybridized carbons (Fsp3) is 0.200. The van der Waals surface area contributed by atoms with Crippen LogP contribution in [0.4, 0.5) is 0 Å². The average molecular weight is 203 g/mol. The van der Waals surface area contributed by atoms with Crippen molar-refractivity contribution in [1.82, 2.24) is 10.3 Å². The molecular weight excluding hydrogens is 194 g/mol. The van der Waals surface area contributed by atoms with Crippen molar-refractivity contribution in [2.24, 2.45) is 4.99 Å². The van der Waals surface area contributed by atoms with Gasteiger partial charge in [-0.05, 0) is 18.2 Å². The molecule has 1 N–H and O–H groups in total. The highest BCUT2D eigenvalue weighted by Crippen LogP contribution is 2.19. The molecule has 1 aromatic carbocycles. The normalized spacial score (nSPS) is 15.6. The van der Waals surface area contributed by atoms with Gasteiger partial charge in [-0.1, -0.05) is 0 Å². The Balaban J connectivity index is 2.13. The van der Waals surface area contributed by atoms with Crippen molar-refractivity contribution in [2.75, 3.05) is 13.1 Å². The van der Waals surface area contributed by atoms with E-state index in [-0.39, 0.29) is 0 Å². The Morgan fingerprint density at radius 2 is 2.36 bits per heavy atom. The number of aromatic nitrogens is 1. The maximum absolute atomic E-state index is 4.39. The largest absolute Gasteiger partial charge is 0.368 e. The van der Waals surface area contributed by atoms with Gasteiger partial charge in [-0.2, -0.15) is 0 Å². The molecule has 0 saturated heterocycles. The lowest BCUT2D eigenvalue weighted by Crippen LogP contribution is -2.19. The lowest BCUT2D eigenvalue weighted by atomic mass is 10.2. The molecule has 2 heterocycles. The summed E-state index contributed by atoms with van der Waals surface area (Å²) in [6.45, 7) is 1.84. The van der Waals surface area contributed by atoms with Crippen molar-refractivity contribution >= 4 is 27.4 Å². The van der Waals surface area contributed by atoms with Crippen molar-refractivity contribution < 1.29 is 0 Å². The number of fused-ring (bicyclic) bond motifs is 1. The monoisotopic (exact) mass is 203 g/mol. The van der Waals surface area contributed by atoms with Gasteiger partial charge in [0.05, 0.1) is 22.3 Å². The molecule has 1 aliphatic rings. The van der Waals surface area contributed by atoms with Crippen LogP contribution in [0.2, 0.25) is 0 Å². The summed E-state index contributed by atoms with van der Waals surface area (Å²) in [5.41, 5.74) is 4.11. The Hall–Kier alpha value is -1.42. The van der Waals surface area contributed by atoms with Crippen molar-refractivity contribution in [3.05, 3.63) is 29.3 Å². The van der Waals surface area contributed by atoms with Crippen molar-refractivity contribution in [1.29, 1.82) is 0 Å². The van der Waals surface area contributed by atoms with Gasteiger partial charge >= 0.3 is 0 Å². The number of nitrogens with zero attached hydrogens (tertiary/aromatic N) is 2. The third kappa shape index (κ3) is 1.19. The van der Waals surface area contributed by atoms with E-state index >= 15 is 0 Å². The van der Waals surface area contributed by atoms with E-state index in [0.29, 0.717) is 0 Å². The van der Waals surface area contributed by atoms with E-state index in [1.54, 1.807) is 11.3 Å². The Morgan fingerprint density at radius 1 is 1.36 bits per heavy atom. The highest BCUT2D eigenvalue weighted by molar-refractivity contribution is 7.16. The quantitative estimate of drug-likeness (QED) is 0.765. The zero-order valence-corrected chi connectivity index (χ0v) is 8.34. The minimum Gasteiger partial charge on any atom is -0.368 e. The van der Waals surface area contributed by atoms with Gasteiger partial charge in [-0.25, -0.2) is 4.98 Å². The Kier molecular flexibility index (Phi) is 1.73. The van der Waals surface area contributed by atoms with Crippen LogP contribution in [0.3, 0.4) is 0 Å². The van der Waals surface area contributed by atoms with E-state index in [4.69, 9.17) is 0 Å². The van der Waals surface area contributed by atoms with E-state index in [2.05, 4.69) is 27.4 Å². The molecule has 0 amide bonds. The van der Waals surface area contributed by atoms with E-state index < -0.39 is 0 Å². The van der Waals surface area contributed by atoms with Gasteiger partial charge in [0.1, 0.15) is 5.84 Å². The molecule has 0 bridgehead atoms. The summed E-state index contributed by atoms with van der Waals surface area (Å²) in [6.07, 6.45) is 0. The van der Waals surface area contributed by atoms with Crippen molar-refractivity contribution in [2.45, 2.75) is 0 Å². The van der Waals surface area contributed by atoms with Crippen LogP contribution in [0.25, 0.3) is 10.2 Å². The third-order valence-corrected chi connectivity index (χ3v) is 3.07. The standard InChI is InChI=1S/C10H9N3S/c1-2-8-9(14-6-13-8)5-7(1)10-11-3-4-12-10/h1-2,5-6H,3-4H2,(H,11,12). The molecule has 0 spiro atoms. The first-order valence-electron chi connectivity index (χ1n) is 4.55. The fourth-order valence-electron chi connectivity index (χ4n) is 1.59. The second kappa shape index (κ2) is 3.06. The van der Waals surface area contributed by atoms with E-state index in [0.717, 1.165) is 24.4 Å². The molecule has 14 heavy (non-hydrogen) atoms. The van der Waals surface area contributed by atoms with Gasteiger partial charge in [0.2, 0.25) is 0 Å². The van der Waals surface area contributed by atoms with Gasteiger partial charge in [-0.3, -0.25) is 4.99 Å². The van der Waals surface area contributed by atoms with Crippen LogP contribution in [0.1, 0.15) is 5.56 Å². The zero-order chi connectivity index (χ0) is 9.38. The first-order valence-corrected chi connectivity index (χ1v) is 5.43. The summed E-state index contributed by atoms with van der Waals surface area (Å²) < 4.78 is 1.22. The van der Waals surface area contributed by atoms with Gasteiger partial charge in [0.15, 0.2) is 0 Å². The SMILES string of the molecule is c1nc2ccc(C3=NCCN3)cc2s1. The third-order valence-electron chi connectivity index (χ3n) is 2.28. The lowest BCUT2D eigenvalue weighted by Gasteiger charge is -2.01. The molecule has 0 atom stereocenters. The number of rotatable bonds is 1. The molecule has 0 radical (unpaired) electrons. The number of amidine groups is 1. The number of benzene rings is 1. The second-order valence-corrected chi connectivity index (χ2v) is 4.08. The summed E-state index contributed by atoms with van der Waals surface area (Å²) in [6, 6.07) is 6.26. The molecule has 3 rings (SSSR count). The average Bonchev–Trinajstić information content (AvgIpc) is 2.88. The molecule has 70 valence electrons. The maximum Gasteiger partial charge on any atom is 0.128 e. The zero-order valence-electron chi connectivity index (χ0n) is 7.53. The number of hydrogen-bond donors (Lipinski definition) is 1. The van der Waals surface area contributed by atoms with Gasteiger partial charge in [0.25, 0.3) is 0 Å². The molecule has 0 aliphatic carbocycles. The van der Waals surface area contributed by atoms with Gasteiger partial charge in [0, 0.05) is 12.1 Å². The molecule has 1 aromatic heterocycles. The molecule has 4 heteroatoms. The molecule has 0 fully saturated rings. The first-order chi connectivity index (χ1) is 6.93.